The van der Waals surface area contributed by atoms with E-state index in [1.165, 1.54) is 33.4 Å². The van der Waals surface area contributed by atoms with Crippen LogP contribution in [-0.4, -0.2) is 17.6 Å². The van der Waals surface area contributed by atoms with Crippen LogP contribution in [0.25, 0.3) is 0 Å². The molecule has 4 aromatic carbocycles. The minimum Gasteiger partial charge on any atom is -0.507 e. The van der Waals surface area contributed by atoms with Gasteiger partial charge in [0.05, 0.1) is 11.3 Å². The predicted octanol–water partition coefficient (Wildman–Crippen LogP) is 7.24. The lowest BCUT2D eigenvalue weighted by atomic mass is 9.61. The second-order valence-corrected chi connectivity index (χ2v) is 10.6. The highest BCUT2D eigenvalue weighted by atomic mass is 16.3. The Labute approximate surface area is 205 Å². The first-order valence-electron chi connectivity index (χ1n) is 12.0. The molecule has 35 heavy (non-hydrogen) atoms. The second kappa shape index (κ2) is 7.78. The van der Waals surface area contributed by atoms with Crippen molar-refractivity contribution in [3.8, 4) is 5.75 Å². The molecule has 0 spiro atoms. The largest absolute Gasteiger partial charge is 0.507 e. The summed E-state index contributed by atoms with van der Waals surface area (Å²) in [5.41, 5.74) is 10.7. The number of aliphatic imine (C=N–C) groups is 1. The van der Waals surface area contributed by atoms with Gasteiger partial charge in [0, 0.05) is 23.6 Å². The highest BCUT2D eigenvalue weighted by Crippen LogP contribution is 2.56. The van der Waals surface area contributed by atoms with Gasteiger partial charge in [0.1, 0.15) is 5.75 Å². The fourth-order valence-corrected chi connectivity index (χ4v) is 5.68. The summed E-state index contributed by atoms with van der Waals surface area (Å²) in [5, 5.41) is 10.6. The molecule has 0 aliphatic heterocycles. The lowest BCUT2D eigenvalue weighted by Crippen LogP contribution is -2.27. The Kier molecular flexibility index (Phi) is 4.79. The summed E-state index contributed by atoms with van der Waals surface area (Å²) in [7, 11) is 0. The Morgan fingerprint density at radius 1 is 0.714 bits per heavy atom. The molecule has 0 aromatic heterocycles. The van der Waals surface area contributed by atoms with E-state index in [-0.39, 0.29) is 28.6 Å². The minimum absolute atomic E-state index is 0.0309. The first kappa shape index (κ1) is 21.5. The van der Waals surface area contributed by atoms with Crippen LogP contribution >= 0.6 is 0 Å². The molecule has 4 aromatic rings. The third-order valence-electron chi connectivity index (χ3n) is 7.44. The fraction of sp³-hybridized carbons (Fsp3) is 0.188. The summed E-state index contributed by atoms with van der Waals surface area (Å²) in [6.45, 7) is 6.26. The number of rotatable bonds is 3. The molecular weight excluding hydrogens is 430 g/mol. The van der Waals surface area contributed by atoms with Crippen LogP contribution in [0.3, 0.4) is 0 Å². The van der Waals surface area contributed by atoms with E-state index >= 15 is 0 Å². The van der Waals surface area contributed by atoms with E-state index in [1.807, 2.05) is 12.1 Å². The van der Waals surface area contributed by atoms with E-state index in [1.54, 1.807) is 12.3 Å². The molecule has 0 amide bonds. The van der Waals surface area contributed by atoms with Crippen molar-refractivity contribution >= 4 is 18.2 Å². The molecule has 0 atom stereocenters. The van der Waals surface area contributed by atoms with E-state index in [0.717, 1.165) is 11.3 Å². The van der Waals surface area contributed by atoms with Gasteiger partial charge in [0.15, 0.2) is 6.29 Å². The number of phenols is 1. The summed E-state index contributed by atoms with van der Waals surface area (Å²) in [4.78, 5) is 16.3. The standard InChI is InChI=1S/C32H27NO2/c1-32(2,3)21-14-19(31(35)20(15-21)18-34)17-33-22-12-13-27-28(16-22)30-25-10-6-4-8-23(25)29(27)24-9-5-7-11-26(24)30/h4-18,29-30,35H,1-3H3. The van der Waals surface area contributed by atoms with Crippen molar-refractivity contribution in [1.29, 1.82) is 0 Å². The van der Waals surface area contributed by atoms with Gasteiger partial charge in [-0.2, -0.15) is 0 Å². The van der Waals surface area contributed by atoms with E-state index in [9.17, 15) is 9.90 Å². The van der Waals surface area contributed by atoms with Crippen LogP contribution in [0.5, 0.6) is 5.75 Å². The maximum Gasteiger partial charge on any atom is 0.153 e. The van der Waals surface area contributed by atoms with E-state index in [2.05, 4.69) is 81.4 Å². The van der Waals surface area contributed by atoms with Crippen molar-refractivity contribution in [3.63, 3.8) is 0 Å². The molecule has 2 bridgehead atoms. The molecule has 1 N–H and O–H groups in total. The van der Waals surface area contributed by atoms with E-state index in [4.69, 9.17) is 4.99 Å². The van der Waals surface area contributed by atoms with Gasteiger partial charge in [-0.15, -0.1) is 0 Å². The van der Waals surface area contributed by atoms with Crippen molar-refractivity contribution < 1.29 is 9.90 Å². The van der Waals surface area contributed by atoms with Crippen molar-refractivity contribution in [2.24, 2.45) is 4.99 Å². The van der Waals surface area contributed by atoms with Gasteiger partial charge in [0.2, 0.25) is 0 Å². The van der Waals surface area contributed by atoms with E-state index < -0.39 is 0 Å². The van der Waals surface area contributed by atoms with Gasteiger partial charge < -0.3 is 5.11 Å². The van der Waals surface area contributed by atoms with Crippen molar-refractivity contribution in [2.45, 2.75) is 38.0 Å². The van der Waals surface area contributed by atoms with Crippen molar-refractivity contribution in [2.75, 3.05) is 0 Å². The van der Waals surface area contributed by atoms with Crippen LogP contribution in [0.2, 0.25) is 0 Å². The summed E-state index contributed by atoms with van der Waals surface area (Å²) < 4.78 is 0. The maximum absolute atomic E-state index is 11.6. The number of hydrogen-bond donors (Lipinski definition) is 1. The van der Waals surface area contributed by atoms with Crippen molar-refractivity contribution in [3.05, 3.63) is 129 Å². The fourth-order valence-electron chi connectivity index (χ4n) is 5.68. The summed E-state index contributed by atoms with van der Waals surface area (Å²) >= 11 is 0. The van der Waals surface area contributed by atoms with E-state index in [0.29, 0.717) is 11.8 Å². The zero-order valence-electron chi connectivity index (χ0n) is 20.1. The Balaban J connectivity index is 1.44. The smallest absolute Gasteiger partial charge is 0.153 e. The van der Waals surface area contributed by atoms with Crippen LogP contribution in [0.4, 0.5) is 5.69 Å². The highest BCUT2D eigenvalue weighted by Gasteiger charge is 2.40. The SMILES string of the molecule is CC(C)(C)c1cc(C=O)c(O)c(C=Nc2ccc3c(c2)C2c4ccccc4C3c3ccccc32)c1. The molecule has 3 nitrogen and oxygen atoms in total. The summed E-state index contributed by atoms with van der Waals surface area (Å²) in [6.07, 6.45) is 2.37. The second-order valence-electron chi connectivity index (χ2n) is 10.6. The molecule has 7 rings (SSSR count). The van der Waals surface area contributed by atoms with Crippen LogP contribution in [0.15, 0.2) is 83.9 Å². The average molecular weight is 458 g/mol. The quantitative estimate of drug-likeness (QED) is 0.225. The number of aromatic hydroxyl groups is 1. The van der Waals surface area contributed by atoms with Gasteiger partial charge in [-0.1, -0.05) is 75.4 Å². The van der Waals surface area contributed by atoms with Crippen molar-refractivity contribution in [1.82, 2.24) is 0 Å². The summed E-state index contributed by atoms with van der Waals surface area (Å²) in [6, 6.07) is 27.6. The third kappa shape index (κ3) is 3.34. The monoisotopic (exact) mass is 457 g/mol. The van der Waals surface area contributed by atoms with Crippen LogP contribution in [0.1, 0.15) is 87.5 Å². The molecule has 0 saturated heterocycles. The van der Waals surface area contributed by atoms with Crippen LogP contribution < -0.4 is 0 Å². The normalized spacial score (nSPS) is 17.7. The van der Waals surface area contributed by atoms with Crippen LogP contribution in [0, 0.1) is 0 Å². The zero-order chi connectivity index (χ0) is 24.3. The average Bonchev–Trinajstić information content (AvgIpc) is 2.87. The van der Waals surface area contributed by atoms with Gasteiger partial charge in [0.25, 0.3) is 0 Å². The number of carbonyl (C=O) groups is 1. The Hall–Kier alpha value is -3.98. The number of carbonyl (C=O) groups excluding carboxylic acids is 1. The van der Waals surface area contributed by atoms with Gasteiger partial charge in [-0.25, -0.2) is 0 Å². The number of aldehydes is 1. The molecule has 172 valence electrons. The summed E-state index contributed by atoms with van der Waals surface area (Å²) in [5.74, 6) is 0.400. The molecule has 3 aliphatic rings. The van der Waals surface area contributed by atoms with Gasteiger partial charge >= 0.3 is 0 Å². The molecule has 3 aliphatic carbocycles. The maximum atomic E-state index is 11.6. The molecule has 0 fully saturated rings. The Bertz CT molecular complexity index is 1480. The zero-order valence-corrected chi connectivity index (χ0v) is 20.1. The molecular formula is C32H27NO2. The number of hydrogen-bond acceptors (Lipinski definition) is 3. The van der Waals surface area contributed by atoms with Crippen LogP contribution in [-0.2, 0) is 5.41 Å². The lowest BCUT2D eigenvalue weighted by molar-refractivity contribution is 0.112. The lowest BCUT2D eigenvalue weighted by Gasteiger charge is -2.42. The number of nitrogens with zero attached hydrogens (tertiary/aromatic N) is 1. The Morgan fingerprint density at radius 2 is 1.23 bits per heavy atom. The molecule has 0 unspecified atom stereocenters. The first-order chi connectivity index (χ1) is 16.9. The highest BCUT2D eigenvalue weighted by molar-refractivity contribution is 5.92. The Morgan fingerprint density at radius 3 is 1.77 bits per heavy atom. The molecule has 0 radical (unpaired) electrons. The third-order valence-corrected chi connectivity index (χ3v) is 7.44. The molecule has 3 heteroatoms. The predicted molar refractivity (Wildman–Crippen MR) is 141 cm³/mol. The topological polar surface area (TPSA) is 49.7 Å². The van der Waals surface area contributed by atoms with Gasteiger partial charge in [-0.3, -0.25) is 9.79 Å². The van der Waals surface area contributed by atoms with Gasteiger partial charge in [-0.05, 0) is 68.6 Å². The molecule has 0 heterocycles. The number of phenolic OH excluding ortho intramolecular Hbond substituents is 1. The molecule has 0 saturated carbocycles. The number of benzene rings is 4. The minimum atomic E-state index is -0.153. The first-order valence-corrected chi connectivity index (χ1v) is 12.0.